The molecule has 0 aromatic carbocycles. The van der Waals surface area contributed by atoms with E-state index in [1.54, 1.807) is 0 Å². The first-order chi connectivity index (χ1) is 12.9. The maximum absolute atomic E-state index is 2.84. The van der Waals surface area contributed by atoms with Crippen molar-refractivity contribution in [3.63, 3.8) is 0 Å². The van der Waals surface area contributed by atoms with Gasteiger partial charge >= 0.3 is 0 Å². The molecule has 0 radical (unpaired) electrons. The van der Waals surface area contributed by atoms with Crippen LogP contribution in [0.15, 0.2) is 0 Å². The van der Waals surface area contributed by atoms with E-state index in [0.717, 1.165) is 0 Å². The minimum atomic E-state index is 1.29. The molecule has 0 N–H and O–H groups in total. The summed E-state index contributed by atoms with van der Waals surface area (Å²) in [5.74, 6) is 0. The SMILES string of the molecule is CCCCCCCCCCCCCCCCCCCCCCCCCP. The molecule has 0 saturated heterocycles. The molecule has 0 aromatic rings. The summed E-state index contributed by atoms with van der Waals surface area (Å²) < 4.78 is 0. The average Bonchev–Trinajstić information content (AvgIpc) is 2.66. The van der Waals surface area contributed by atoms with E-state index in [4.69, 9.17) is 0 Å². The van der Waals surface area contributed by atoms with Crippen molar-refractivity contribution in [2.75, 3.05) is 6.16 Å². The Balaban J connectivity index is 2.95. The lowest BCUT2D eigenvalue weighted by Gasteiger charge is -2.04. The van der Waals surface area contributed by atoms with Crippen LogP contribution in [0.25, 0.3) is 0 Å². The summed E-state index contributed by atoms with van der Waals surface area (Å²) in [5.41, 5.74) is 0. The number of unbranched alkanes of at least 4 members (excludes halogenated alkanes) is 22. The molecule has 0 aliphatic heterocycles. The van der Waals surface area contributed by atoms with Crippen LogP contribution in [-0.4, -0.2) is 6.16 Å². The molecule has 0 nitrogen and oxygen atoms in total. The van der Waals surface area contributed by atoms with Crippen LogP contribution < -0.4 is 0 Å². The zero-order chi connectivity index (χ0) is 19.0. The van der Waals surface area contributed by atoms with Gasteiger partial charge in [0.1, 0.15) is 0 Å². The van der Waals surface area contributed by atoms with E-state index in [1.165, 1.54) is 154 Å². The zero-order valence-electron chi connectivity index (χ0n) is 18.5. The maximum Gasteiger partial charge on any atom is -0.0381 e. The molecule has 0 rings (SSSR count). The topological polar surface area (TPSA) is 0 Å². The highest BCUT2D eigenvalue weighted by molar-refractivity contribution is 7.16. The van der Waals surface area contributed by atoms with E-state index in [-0.39, 0.29) is 0 Å². The van der Waals surface area contributed by atoms with Crippen LogP contribution in [0, 0.1) is 0 Å². The van der Waals surface area contributed by atoms with E-state index >= 15 is 0 Å². The normalized spacial score (nSPS) is 11.3. The fourth-order valence-electron chi connectivity index (χ4n) is 3.93. The second-order valence-electron chi connectivity index (χ2n) is 8.57. The molecule has 0 spiro atoms. The van der Waals surface area contributed by atoms with Gasteiger partial charge in [-0.3, -0.25) is 0 Å². The minimum absolute atomic E-state index is 1.29. The van der Waals surface area contributed by atoms with Gasteiger partial charge in [0, 0.05) is 0 Å². The molecule has 0 aliphatic rings. The van der Waals surface area contributed by atoms with Crippen molar-refractivity contribution in [1.82, 2.24) is 0 Å². The summed E-state index contributed by atoms with van der Waals surface area (Å²) in [6.45, 7) is 2.30. The van der Waals surface area contributed by atoms with Crippen LogP contribution >= 0.6 is 9.24 Å². The number of hydrogen-bond acceptors (Lipinski definition) is 0. The van der Waals surface area contributed by atoms with Crippen molar-refractivity contribution in [1.29, 1.82) is 0 Å². The van der Waals surface area contributed by atoms with Crippen LogP contribution in [0.4, 0.5) is 0 Å². The first kappa shape index (κ1) is 26.4. The van der Waals surface area contributed by atoms with E-state index < -0.39 is 0 Å². The third kappa shape index (κ3) is 24.4. The first-order valence-corrected chi connectivity index (χ1v) is 13.4. The van der Waals surface area contributed by atoms with E-state index in [9.17, 15) is 0 Å². The van der Waals surface area contributed by atoms with Gasteiger partial charge in [-0.15, -0.1) is 9.24 Å². The Bertz CT molecular complexity index is 202. The molecule has 0 saturated carbocycles. The van der Waals surface area contributed by atoms with E-state index in [2.05, 4.69) is 16.2 Å². The molecule has 0 amide bonds. The summed E-state index contributed by atoms with van der Waals surface area (Å²) in [6.07, 6.45) is 35.2. The van der Waals surface area contributed by atoms with Crippen molar-refractivity contribution in [2.45, 2.75) is 155 Å². The Morgan fingerprint density at radius 2 is 0.500 bits per heavy atom. The maximum atomic E-state index is 2.84. The van der Waals surface area contributed by atoms with Crippen molar-refractivity contribution >= 4 is 9.24 Å². The molecular formula is C25H53P. The molecule has 1 atom stereocenters. The number of rotatable bonds is 23. The molecule has 0 aromatic heterocycles. The molecular weight excluding hydrogens is 331 g/mol. The molecule has 0 fully saturated rings. The van der Waals surface area contributed by atoms with Crippen LogP contribution in [0.2, 0.25) is 0 Å². The quantitative estimate of drug-likeness (QED) is 0.121. The Labute approximate surface area is 170 Å². The summed E-state index contributed by atoms with van der Waals surface area (Å²) in [7, 11) is 2.84. The Kier molecular flexibility index (Phi) is 25.9. The number of hydrogen-bond donors (Lipinski definition) is 0. The first-order valence-electron chi connectivity index (χ1n) is 12.6. The van der Waals surface area contributed by atoms with Crippen LogP contribution in [0.3, 0.4) is 0 Å². The molecule has 1 unspecified atom stereocenters. The third-order valence-electron chi connectivity index (χ3n) is 5.81. The van der Waals surface area contributed by atoms with Gasteiger partial charge in [0.05, 0.1) is 0 Å². The van der Waals surface area contributed by atoms with Crippen LogP contribution in [-0.2, 0) is 0 Å². The molecule has 1 heteroatoms. The lowest BCUT2D eigenvalue weighted by Crippen LogP contribution is -1.84. The highest BCUT2D eigenvalue weighted by atomic mass is 31.0. The molecule has 26 heavy (non-hydrogen) atoms. The predicted octanol–water partition coefficient (Wildman–Crippen LogP) is 9.85. The average molecular weight is 385 g/mol. The van der Waals surface area contributed by atoms with Gasteiger partial charge in [-0.05, 0) is 12.6 Å². The standard InChI is InChI=1S/C25H53P/c1-2-3-4-5-6-7-8-9-10-11-12-13-14-15-16-17-18-19-20-21-22-23-24-25-26/h2-26H2,1H3. The van der Waals surface area contributed by atoms with Gasteiger partial charge in [0.2, 0.25) is 0 Å². The van der Waals surface area contributed by atoms with Crippen molar-refractivity contribution < 1.29 is 0 Å². The molecule has 0 heterocycles. The second-order valence-corrected chi connectivity index (χ2v) is 9.14. The van der Waals surface area contributed by atoms with Crippen molar-refractivity contribution in [2.24, 2.45) is 0 Å². The fourth-order valence-corrected chi connectivity index (χ4v) is 4.22. The van der Waals surface area contributed by atoms with Crippen LogP contribution in [0.5, 0.6) is 0 Å². The summed E-state index contributed by atoms with van der Waals surface area (Å²) in [4.78, 5) is 0. The van der Waals surface area contributed by atoms with Gasteiger partial charge < -0.3 is 0 Å². The third-order valence-corrected chi connectivity index (χ3v) is 6.22. The van der Waals surface area contributed by atoms with Gasteiger partial charge in [0.25, 0.3) is 0 Å². The molecule has 158 valence electrons. The highest BCUT2D eigenvalue weighted by Crippen LogP contribution is 2.15. The fraction of sp³-hybridized carbons (Fsp3) is 1.00. The monoisotopic (exact) mass is 384 g/mol. The Morgan fingerprint density at radius 3 is 0.692 bits per heavy atom. The minimum Gasteiger partial charge on any atom is -0.138 e. The zero-order valence-corrected chi connectivity index (χ0v) is 19.7. The summed E-state index contributed by atoms with van der Waals surface area (Å²) in [6, 6.07) is 0. The molecule has 0 bridgehead atoms. The summed E-state index contributed by atoms with van der Waals surface area (Å²) >= 11 is 0. The van der Waals surface area contributed by atoms with Gasteiger partial charge in [-0.2, -0.15) is 0 Å². The van der Waals surface area contributed by atoms with E-state index in [0.29, 0.717) is 0 Å². The smallest absolute Gasteiger partial charge is 0.0381 e. The molecule has 0 aliphatic carbocycles. The van der Waals surface area contributed by atoms with Gasteiger partial charge in [0.15, 0.2) is 0 Å². The Morgan fingerprint density at radius 1 is 0.308 bits per heavy atom. The highest BCUT2D eigenvalue weighted by Gasteiger charge is 1.95. The Hall–Kier alpha value is 0.430. The lowest BCUT2D eigenvalue weighted by atomic mass is 10.0. The lowest BCUT2D eigenvalue weighted by molar-refractivity contribution is 0.519. The van der Waals surface area contributed by atoms with Crippen molar-refractivity contribution in [3.8, 4) is 0 Å². The largest absolute Gasteiger partial charge is 0.138 e. The van der Waals surface area contributed by atoms with Gasteiger partial charge in [-0.25, -0.2) is 0 Å². The van der Waals surface area contributed by atoms with Gasteiger partial charge in [-0.1, -0.05) is 148 Å². The predicted molar refractivity (Wildman–Crippen MR) is 126 cm³/mol. The summed E-state index contributed by atoms with van der Waals surface area (Å²) in [5, 5.41) is 0. The van der Waals surface area contributed by atoms with Crippen LogP contribution in [0.1, 0.15) is 155 Å². The van der Waals surface area contributed by atoms with E-state index in [1.807, 2.05) is 0 Å². The van der Waals surface area contributed by atoms with Crippen molar-refractivity contribution in [3.05, 3.63) is 0 Å². The second kappa shape index (κ2) is 25.4.